The molecule has 2 amide bonds. The molecule has 0 radical (unpaired) electrons. The molecule has 1 fully saturated rings. The molecule has 1 N–H and O–H groups in total. The van der Waals surface area contributed by atoms with Crippen molar-refractivity contribution in [3.05, 3.63) is 34.5 Å². The maximum atomic E-state index is 12.4. The standard InChI is InChI=1S/C16H21N5O2S/c22-15(4-1-3-13-9-18-19-10-13)20-5-2-6-21(8-7-20)16(23)14-11-24-12-17-14/h9-12H,1-8H2,(H,18,19). The molecule has 0 spiro atoms. The van der Waals surface area contributed by atoms with Crippen LogP contribution in [-0.4, -0.2) is 63.0 Å². The van der Waals surface area contributed by atoms with Crippen molar-refractivity contribution in [1.82, 2.24) is 25.0 Å². The second-order valence-corrected chi connectivity index (χ2v) is 6.58. The molecule has 1 aliphatic heterocycles. The smallest absolute Gasteiger partial charge is 0.273 e. The molecule has 0 aliphatic carbocycles. The fourth-order valence-corrected chi connectivity index (χ4v) is 3.39. The zero-order chi connectivity index (χ0) is 16.8. The van der Waals surface area contributed by atoms with Crippen molar-refractivity contribution < 1.29 is 9.59 Å². The van der Waals surface area contributed by atoms with Crippen molar-refractivity contribution in [3.8, 4) is 0 Å². The minimum Gasteiger partial charge on any atom is -0.341 e. The van der Waals surface area contributed by atoms with Crippen LogP contribution in [0.25, 0.3) is 0 Å². The van der Waals surface area contributed by atoms with E-state index in [1.54, 1.807) is 22.0 Å². The highest BCUT2D eigenvalue weighted by Gasteiger charge is 2.23. The number of carbonyl (C=O) groups is 2. The molecule has 3 rings (SSSR count). The van der Waals surface area contributed by atoms with Gasteiger partial charge < -0.3 is 9.80 Å². The van der Waals surface area contributed by atoms with Crippen LogP contribution in [0.5, 0.6) is 0 Å². The molecule has 0 atom stereocenters. The third kappa shape index (κ3) is 4.19. The van der Waals surface area contributed by atoms with Gasteiger partial charge in [0.2, 0.25) is 5.91 Å². The zero-order valence-electron chi connectivity index (χ0n) is 13.5. The average molecular weight is 347 g/mol. The molecular formula is C16H21N5O2S. The van der Waals surface area contributed by atoms with Crippen LogP contribution in [0.15, 0.2) is 23.3 Å². The first-order chi connectivity index (χ1) is 11.7. The van der Waals surface area contributed by atoms with Crippen LogP contribution >= 0.6 is 11.3 Å². The first kappa shape index (κ1) is 16.6. The van der Waals surface area contributed by atoms with E-state index in [-0.39, 0.29) is 11.8 Å². The second kappa shape index (κ2) is 8.05. The summed E-state index contributed by atoms with van der Waals surface area (Å²) in [7, 11) is 0. The Morgan fingerprint density at radius 3 is 2.79 bits per heavy atom. The molecule has 3 heterocycles. The molecule has 0 bridgehead atoms. The molecule has 8 heteroatoms. The van der Waals surface area contributed by atoms with Crippen LogP contribution < -0.4 is 0 Å². The van der Waals surface area contributed by atoms with Gasteiger partial charge in [-0.05, 0) is 24.8 Å². The molecule has 0 unspecified atom stereocenters. The summed E-state index contributed by atoms with van der Waals surface area (Å²) in [5.74, 6) is 0.131. The van der Waals surface area contributed by atoms with E-state index >= 15 is 0 Å². The van der Waals surface area contributed by atoms with Gasteiger partial charge in [0.1, 0.15) is 5.69 Å². The number of aromatic nitrogens is 3. The fourth-order valence-electron chi connectivity index (χ4n) is 2.87. The predicted octanol–water partition coefficient (Wildman–Crippen LogP) is 1.56. The summed E-state index contributed by atoms with van der Waals surface area (Å²) in [5, 5.41) is 8.46. The summed E-state index contributed by atoms with van der Waals surface area (Å²) >= 11 is 1.42. The number of thiazole rings is 1. The lowest BCUT2D eigenvalue weighted by Gasteiger charge is -2.21. The predicted molar refractivity (Wildman–Crippen MR) is 90.7 cm³/mol. The minimum absolute atomic E-state index is 0.0366. The van der Waals surface area contributed by atoms with Gasteiger partial charge in [-0.15, -0.1) is 11.3 Å². The van der Waals surface area contributed by atoms with E-state index in [0.717, 1.165) is 24.8 Å². The van der Waals surface area contributed by atoms with Gasteiger partial charge in [-0.1, -0.05) is 0 Å². The summed E-state index contributed by atoms with van der Waals surface area (Å²) < 4.78 is 0. The topological polar surface area (TPSA) is 82.2 Å². The Morgan fingerprint density at radius 1 is 1.21 bits per heavy atom. The van der Waals surface area contributed by atoms with Crippen molar-refractivity contribution >= 4 is 23.2 Å². The number of rotatable bonds is 5. The number of aromatic amines is 1. The molecule has 2 aromatic heterocycles. The first-order valence-corrected chi connectivity index (χ1v) is 9.11. The van der Waals surface area contributed by atoms with Crippen LogP contribution in [0.1, 0.15) is 35.3 Å². The highest BCUT2D eigenvalue weighted by atomic mass is 32.1. The number of carbonyl (C=O) groups excluding carboxylic acids is 2. The highest BCUT2D eigenvalue weighted by molar-refractivity contribution is 7.07. The van der Waals surface area contributed by atoms with Crippen LogP contribution in [0.2, 0.25) is 0 Å². The number of nitrogens with zero attached hydrogens (tertiary/aromatic N) is 4. The highest BCUT2D eigenvalue weighted by Crippen LogP contribution is 2.11. The van der Waals surface area contributed by atoms with E-state index in [1.807, 2.05) is 11.1 Å². The number of H-pyrrole nitrogens is 1. The zero-order valence-corrected chi connectivity index (χ0v) is 14.3. The lowest BCUT2D eigenvalue weighted by Crippen LogP contribution is -2.37. The van der Waals surface area contributed by atoms with Gasteiger partial charge in [0.15, 0.2) is 0 Å². The van der Waals surface area contributed by atoms with Crippen molar-refractivity contribution in [3.63, 3.8) is 0 Å². The molecule has 0 aromatic carbocycles. The maximum absolute atomic E-state index is 12.4. The van der Waals surface area contributed by atoms with Gasteiger partial charge >= 0.3 is 0 Å². The number of amides is 2. The number of nitrogens with one attached hydrogen (secondary N) is 1. The molecule has 2 aromatic rings. The van der Waals surface area contributed by atoms with Crippen LogP contribution in [0.4, 0.5) is 0 Å². The Morgan fingerprint density at radius 2 is 2.04 bits per heavy atom. The Kier molecular flexibility index (Phi) is 5.58. The molecule has 1 aliphatic rings. The Balaban J connectivity index is 1.46. The van der Waals surface area contributed by atoms with E-state index in [9.17, 15) is 9.59 Å². The van der Waals surface area contributed by atoms with Gasteiger partial charge in [0.05, 0.1) is 11.7 Å². The number of hydrogen-bond acceptors (Lipinski definition) is 5. The Hall–Kier alpha value is -2.22. The van der Waals surface area contributed by atoms with Gasteiger partial charge in [0.25, 0.3) is 5.91 Å². The van der Waals surface area contributed by atoms with E-state index in [2.05, 4.69) is 15.2 Å². The molecular weight excluding hydrogens is 326 g/mol. The van der Waals surface area contributed by atoms with Crippen molar-refractivity contribution in [2.24, 2.45) is 0 Å². The fraction of sp³-hybridized carbons (Fsp3) is 0.500. The molecule has 128 valence electrons. The number of hydrogen-bond donors (Lipinski definition) is 1. The average Bonchev–Trinajstić information content (AvgIpc) is 3.24. The van der Waals surface area contributed by atoms with Crippen molar-refractivity contribution in [1.29, 1.82) is 0 Å². The summed E-state index contributed by atoms with van der Waals surface area (Å²) in [5.41, 5.74) is 3.29. The SMILES string of the molecule is O=C(CCCc1cn[nH]c1)N1CCCN(C(=O)c2cscn2)CC1. The summed E-state index contributed by atoms with van der Waals surface area (Å²) in [4.78, 5) is 32.5. The summed E-state index contributed by atoms with van der Waals surface area (Å²) in [6.45, 7) is 2.56. The van der Waals surface area contributed by atoms with E-state index in [0.29, 0.717) is 38.3 Å². The third-order valence-corrected chi connectivity index (χ3v) is 4.78. The van der Waals surface area contributed by atoms with Crippen LogP contribution in [-0.2, 0) is 11.2 Å². The second-order valence-electron chi connectivity index (χ2n) is 5.86. The number of aryl methyl sites for hydroxylation is 1. The molecule has 1 saturated heterocycles. The minimum atomic E-state index is -0.0366. The first-order valence-electron chi connectivity index (χ1n) is 8.17. The van der Waals surface area contributed by atoms with Crippen LogP contribution in [0, 0.1) is 0 Å². The van der Waals surface area contributed by atoms with Gasteiger partial charge in [-0.3, -0.25) is 14.7 Å². The third-order valence-electron chi connectivity index (χ3n) is 4.20. The normalized spacial score (nSPS) is 15.3. The molecule has 0 saturated carbocycles. The molecule has 7 nitrogen and oxygen atoms in total. The lowest BCUT2D eigenvalue weighted by atomic mass is 10.1. The van der Waals surface area contributed by atoms with Gasteiger partial charge in [0, 0.05) is 44.2 Å². The van der Waals surface area contributed by atoms with Gasteiger partial charge in [-0.2, -0.15) is 5.10 Å². The summed E-state index contributed by atoms with van der Waals surface area (Å²) in [6.07, 6.45) is 6.66. The largest absolute Gasteiger partial charge is 0.341 e. The van der Waals surface area contributed by atoms with Crippen molar-refractivity contribution in [2.75, 3.05) is 26.2 Å². The summed E-state index contributed by atoms with van der Waals surface area (Å²) in [6, 6.07) is 0. The Labute approximate surface area is 144 Å². The van der Waals surface area contributed by atoms with E-state index < -0.39 is 0 Å². The van der Waals surface area contributed by atoms with E-state index in [1.165, 1.54) is 11.3 Å². The monoisotopic (exact) mass is 347 g/mol. The van der Waals surface area contributed by atoms with Crippen molar-refractivity contribution in [2.45, 2.75) is 25.7 Å². The van der Waals surface area contributed by atoms with E-state index in [4.69, 9.17) is 0 Å². The Bertz CT molecular complexity index is 656. The van der Waals surface area contributed by atoms with Gasteiger partial charge in [-0.25, -0.2) is 4.98 Å². The molecule has 24 heavy (non-hydrogen) atoms. The lowest BCUT2D eigenvalue weighted by molar-refractivity contribution is -0.131. The maximum Gasteiger partial charge on any atom is 0.273 e. The quantitative estimate of drug-likeness (QED) is 0.890. The van der Waals surface area contributed by atoms with Crippen LogP contribution in [0.3, 0.4) is 0 Å².